The van der Waals surface area contributed by atoms with E-state index in [1.807, 2.05) is 0 Å². The van der Waals surface area contributed by atoms with Gasteiger partial charge in [-0.1, -0.05) is 276 Å². The summed E-state index contributed by atoms with van der Waals surface area (Å²) in [6.45, 7) is 6.56. The minimum atomic E-state index is -0.777. The van der Waals surface area contributed by atoms with Gasteiger partial charge in [-0.3, -0.25) is 14.4 Å². The van der Waals surface area contributed by atoms with Crippen molar-refractivity contribution in [2.45, 2.75) is 316 Å². The molecule has 6 heteroatoms. The van der Waals surface area contributed by atoms with Crippen LogP contribution in [0, 0.1) is 0 Å². The summed E-state index contributed by atoms with van der Waals surface area (Å²) in [5, 5.41) is 0. The molecule has 0 aliphatic carbocycles. The average molecular weight is 928 g/mol. The van der Waals surface area contributed by atoms with Crippen LogP contribution in [0.1, 0.15) is 310 Å². The van der Waals surface area contributed by atoms with E-state index in [2.05, 4.69) is 57.2 Å². The monoisotopic (exact) mass is 927 g/mol. The van der Waals surface area contributed by atoms with Crippen LogP contribution in [0.4, 0.5) is 0 Å². The van der Waals surface area contributed by atoms with Crippen molar-refractivity contribution in [2.24, 2.45) is 0 Å². The van der Waals surface area contributed by atoms with Gasteiger partial charge in [0.25, 0.3) is 0 Å². The van der Waals surface area contributed by atoms with Crippen molar-refractivity contribution < 1.29 is 28.6 Å². The third-order valence-corrected chi connectivity index (χ3v) is 12.9. The summed E-state index contributed by atoms with van der Waals surface area (Å²) in [7, 11) is 0. The molecule has 386 valence electrons. The Hall–Kier alpha value is -2.37. The van der Waals surface area contributed by atoms with Gasteiger partial charge >= 0.3 is 17.9 Å². The molecule has 0 aromatic rings. The van der Waals surface area contributed by atoms with Crippen LogP contribution in [0.2, 0.25) is 0 Å². The van der Waals surface area contributed by atoms with Crippen LogP contribution in [0.5, 0.6) is 0 Å². The molecule has 0 unspecified atom stereocenters. The van der Waals surface area contributed by atoms with E-state index in [0.29, 0.717) is 19.3 Å². The zero-order valence-corrected chi connectivity index (χ0v) is 44.2. The first-order valence-corrected chi connectivity index (χ1v) is 29.0. The molecule has 0 aromatic carbocycles. The van der Waals surface area contributed by atoms with E-state index in [9.17, 15) is 14.4 Å². The van der Waals surface area contributed by atoms with Crippen molar-refractivity contribution in [3.05, 3.63) is 36.5 Å². The van der Waals surface area contributed by atoms with Crippen LogP contribution in [-0.2, 0) is 28.6 Å². The third-order valence-electron chi connectivity index (χ3n) is 12.9. The molecule has 0 saturated heterocycles. The summed E-state index contributed by atoms with van der Waals surface area (Å²) >= 11 is 0. The van der Waals surface area contributed by atoms with Gasteiger partial charge in [0.15, 0.2) is 6.10 Å². The number of hydrogen-bond donors (Lipinski definition) is 0. The van der Waals surface area contributed by atoms with Crippen molar-refractivity contribution in [1.29, 1.82) is 0 Å². The molecule has 66 heavy (non-hydrogen) atoms. The Kier molecular flexibility index (Phi) is 53.2. The standard InChI is InChI=1S/C60H110O6/c1-4-7-10-13-16-19-22-25-28-29-30-31-33-35-38-41-44-47-50-53-59(62)65-56-57(55-64-58(61)52-49-46-43-40-37-34-27-24-21-18-15-12-9-6-3)66-60(63)54-51-48-45-42-39-36-32-26-23-20-17-14-11-8-5-2/h8,11,17,20,26,32,57H,4-7,9-10,12-16,18-19,21-25,27-31,33-56H2,1-3H3/b11-8-,20-17-,32-26-/t57-/m1/s1. The second-order valence-electron chi connectivity index (χ2n) is 19.5. The van der Waals surface area contributed by atoms with Crippen LogP contribution < -0.4 is 0 Å². The van der Waals surface area contributed by atoms with Gasteiger partial charge in [-0.25, -0.2) is 0 Å². The summed E-state index contributed by atoms with van der Waals surface area (Å²) < 4.78 is 16.9. The highest BCUT2D eigenvalue weighted by molar-refractivity contribution is 5.71. The van der Waals surface area contributed by atoms with Crippen LogP contribution in [-0.4, -0.2) is 37.2 Å². The number of carbonyl (C=O) groups excluding carboxylic acids is 3. The summed E-state index contributed by atoms with van der Waals surface area (Å²) in [6, 6.07) is 0. The van der Waals surface area contributed by atoms with Gasteiger partial charge in [0, 0.05) is 19.3 Å². The zero-order chi connectivity index (χ0) is 47.9. The first-order valence-electron chi connectivity index (χ1n) is 29.0. The van der Waals surface area contributed by atoms with Crippen LogP contribution in [0.25, 0.3) is 0 Å². The van der Waals surface area contributed by atoms with E-state index in [0.717, 1.165) is 96.3 Å². The molecule has 0 N–H and O–H groups in total. The summed E-state index contributed by atoms with van der Waals surface area (Å²) in [5.41, 5.74) is 0. The molecule has 0 rings (SSSR count). The summed E-state index contributed by atoms with van der Waals surface area (Å²) in [4.78, 5) is 38.1. The first-order chi connectivity index (χ1) is 32.5. The fourth-order valence-corrected chi connectivity index (χ4v) is 8.58. The van der Waals surface area contributed by atoms with E-state index in [4.69, 9.17) is 14.2 Å². The maximum atomic E-state index is 12.8. The molecule has 0 bridgehead atoms. The number of hydrogen-bond acceptors (Lipinski definition) is 6. The third kappa shape index (κ3) is 52.6. The highest BCUT2D eigenvalue weighted by Gasteiger charge is 2.19. The lowest BCUT2D eigenvalue weighted by atomic mass is 10.0. The smallest absolute Gasteiger partial charge is 0.306 e. The molecule has 0 aromatic heterocycles. The second-order valence-corrected chi connectivity index (χ2v) is 19.5. The normalized spacial score (nSPS) is 12.2. The quantitative estimate of drug-likeness (QED) is 0.0262. The van der Waals surface area contributed by atoms with Gasteiger partial charge < -0.3 is 14.2 Å². The number of esters is 3. The van der Waals surface area contributed by atoms with E-state index < -0.39 is 6.10 Å². The predicted molar refractivity (Wildman–Crippen MR) is 284 cm³/mol. The minimum Gasteiger partial charge on any atom is -0.462 e. The highest BCUT2D eigenvalue weighted by Crippen LogP contribution is 2.17. The van der Waals surface area contributed by atoms with Crippen molar-refractivity contribution in [1.82, 2.24) is 0 Å². The number of rotatable bonds is 53. The Morgan fingerprint density at radius 1 is 0.318 bits per heavy atom. The van der Waals surface area contributed by atoms with Crippen molar-refractivity contribution >= 4 is 17.9 Å². The fourth-order valence-electron chi connectivity index (χ4n) is 8.58. The molecule has 0 heterocycles. The lowest BCUT2D eigenvalue weighted by Gasteiger charge is -2.18. The molecule has 0 saturated carbocycles. The predicted octanol–water partition coefficient (Wildman–Crippen LogP) is 19.3. The molecule has 0 aliphatic rings. The maximum Gasteiger partial charge on any atom is 0.306 e. The topological polar surface area (TPSA) is 78.9 Å². The number of ether oxygens (including phenoxy) is 3. The molecular weight excluding hydrogens is 817 g/mol. The Morgan fingerprint density at radius 3 is 0.924 bits per heavy atom. The van der Waals surface area contributed by atoms with Gasteiger partial charge in [0.1, 0.15) is 13.2 Å². The average Bonchev–Trinajstić information content (AvgIpc) is 3.31. The zero-order valence-electron chi connectivity index (χ0n) is 44.2. The van der Waals surface area contributed by atoms with E-state index >= 15 is 0 Å². The Balaban J connectivity index is 4.32. The van der Waals surface area contributed by atoms with Crippen LogP contribution in [0.15, 0.2) is 36.5 Å². The highest BCUT2D eigenvalue weighted by atomic mass is 16.6. The number of carbonyl (C=O) groups is 3. The van der Waals surface area contributed by atoms with E-state index in [1.54, 1.807) is 0 Å². The molecular formula is C60H110O6. The second kappa shape index (κ2) is 55.2. The largest absolute Gasteiger partial charge is 0.462 e. The van der Waals surface area contributed by atoms with Gasteiger partial charge in [-0.05, 0) is 51.4 Å². The van der Waals surface area contributed by atoms with Crippen molar-refractivity contribution in [3.63, 3.8) is 0 Å². The SMILES string of the molecule is CC/C=C\C/C=C\C/C=C\CCCCCCCC(=O)O[C@H](COC(=O)CCCCCCCCCCCCCCCC)COC(=O)CCCCCCCCCCCCCCCCCCCCC. The van der Waals surface area contributed by atoms with E-state index in [1.165, 1.54) is 173 Å². The Morgan fingerprint density at radius 2 is 0.591 bits per heavy atom. The molecule has 0 spiro atoms. The minimum absolute atomic E-state index is 0.0744. The van der Waals surface area contributed by atoms with Gasteiger partial charge in [-0.2, -0.15) is 0 Å². The molecule has 0 amide bonds. The molecule has 0 aliphatic heterocycles. The number of allylic oxidation sites excluding steroid dienone is 6. The van der Waals surface area contributed by atoms with E-state index in [-0.39, 0.29) is 31.1 Å². The van der Waals surface area contributed by atoms with Crippen LogP contribution >= 0.6 is 0 Å². The lowest BCUT2D eigenvalue weighted by Crippen LogP contribution is -2.30. The Bertz CT molecular complexity index is 1110. The van der Waals surface area contributed by atoms with Gasteiger partial charge in [0.05, 0.1) is 0 Å². The fraction of sp³-hybridized carbons (Fsp3) is 0.850. The number of unbranched alkanes of at least 4 members (excludes halogenated alkanes) is 36. The summed E-state index contributed by atoms with van der Waals surface area (Å²) in [5.74, 6) is -0.872. The maximum absolute atomic E-state index is 12.8. The van der Waals surface area contributed by atoms with Crippen LogP contribution in [0.3, 0.4) is 0 Å². The lowest BCUT2D eigenvalue weighted by molar-refractivity contribution is -0.167. The molecule has 0 radical (unpaired) electrons. The van der Waals surface area contributed by atoms with Crippen molar-refractivity contribution in [2.75, 3.05) is 13.2 Å². The van der Waals surface area contributed by atoms with Gasteiger partial charge in [-0.15, -0.1) is 0 Å². The molecule has 6 nitrogen and oxygen atoms in total. The molecule has 1 atom stereocenters. The van der Waals surface area contributed by atoms with Crippen molar-refractivity contribution in [3.8, 4) is 0 Å². The summed E-state index contributed by atoms with van der Waals surface area (Å²) in [6.07, 6.45) is 65.6. The molecule has 0 fully saturated rings. The van der Waals surface area contributed by atoms with Gasteiger partial charge in [0.2, 0.25) is 0 Å². The first kappa shape index (κ1) is 63.6. The Labute approximate surface area is 410 Å².